The summed E-state index contributed by atoms with van der Waals surface area (Å²) in [6.45, 7) is 0.458. The van der Waals surface area contributed by atoms with Crippen molar-refractivity contribution < 1.29 is 19.1 Å². The topological polar surface area (TPSA) is 77.5 Å². The molecule has 0 fully saturated rings. The molecule has 3 rings (SSSR count). The number of anilines is 1. The molecule has 0 bridgehead atoms. The number of rotatable bonds is 6. The molecule has 0 atom stereocenters. The number of methoxy groups -OCH3 is 1. The molecular formula is C21H18N2O4. The van der Waals surface area contributed by atoms with Crippen molar-refractivity contribution in [3.8, 4) is 5.75 Å². The van der Waals surface area contributed by atoms with Crippen LogP contribution in [0.25, 0.3) is 0 Å². The highest BCUT2D eigenvalue weighted by Crippen LogP contribution is 2.16. The zero-order valence-corrected chi connectivity index (χ0v) is 14.7. The van der Waals surface area contributed by atoms with E-state index in [1.807, 2.05) is 30.3 Å². The summed E-state index contributed by atoms with van der Waals surface area (Å²) in [7, 11) is 1.27. The molecule has 0 aliphatic heterocycles. The van der Waals surface area contributed by atoms with Crippen molar-refractivity contribution in [2.24, 2.45) is 0 Å². The molecule has 0 spiro atoms. The number of hydrogen-bond acceptors (Lipinski definition) is 5. The molecule has 136 valence electrons. The van der Waals surface area contributed by atoms with Gasteiger partial charge in [-0.25, -0.2) is 9.78 Å². The average molecular weight is 362 g/mol. The monoisotopic (exact) mass is 362 g/mol. The Bertz CT molecular complexity index is 924. The molecule has 6 heteroatoms. The van der Waals surface area contributed by atoms with Crippen molar-refractivity contribution in [1.29, 1.82) is 0 Å². The van der Waals surface area contributed by atoms with Gasteiger partial charge in [0.25, 0.3) is 5.91 Å². The van der Waals surface area contributed by atoms with Gasteiger partial charge >= 0.3 is 5.97 Å². The molecule has 0 aliphatic carbocycles. The van der Waals surface area contributed by atoms with E-state index in [1.165, 1.54) is 19.4 Å². The van der Waals surface area contributed by atoms with Crippen LogP contribution in [0, 0.1) is 0 Å². The van der Waals surface area contributed by atoms with Crippen LogP contribution < -0.4 is 10.1 Å². The molecule has 0 radical (unpaired) electrons. The molecular weight excluding hydrogens is 344 g/mol. The molecule has 2 aromatic carbocycles. The first kappa shape index (κ1) is 18.1. The predicted molar refractivity (Wildman–Crippen MR) is 101 cm³/mol. The summed E-state index contributed by atoms with van der Waals surface area (Å²) < 4.78 is 10.3. The highest BCUT2D eigenvalue weighted by molar-refractivity contribution is 6.04. The van der Waals surface area contributed by atoms with E-state index in [9.17, 15) is 9.59 Å². The summed E-state index contributed by atoms with van der Waals surface area (Å²) in [6, 6.07) is 19.7. The number of carbonyl (C=O) groups is 2. The smallest absolute Gasteiger partial charge is 0.356 e. The largest absolute Gasteiger partial charge is 0.489 e. The van der Waals surface area contributed by atoms with Crippen molar-refractivity contribution in [3.63, 3.8) is 0 Å². The molecule has 1 aromatic heterocycles. The lowest BCUT2D eigenvalue weighted by Gasteiger charge is -2.08. The van der Waals surface area contributed by atoms with Crippen LogP contribution in [0.3, 0.4) is 0 Å². The van der Waals surface area contributed by atoms with Gasteiger partial charge in [-0.15, -0.1) is 0 Å². The quantitative estimate of drug-likeness (QED) is 0.677. The summed E-state index contributed by atoms with van der Waals surface area (Å²) in [5.41, 5.74) is 2.12. The van der Waals surface area contributed by atoms with Gasteiger partial charge in [0.05, 0.1) is 7.11 Å². The molecule has 0 aliphatic rings. The maximum absolute atomic E-state index is 12.4. The molecule has 6 nitrogen and oxygen atoms in total. The number of amides is 1. The Kier molecular flexibility index (Phi) is 5.79. The first-order valence-electron chi connectivity index (χ1n) is 8.28. The number of nitrogens with zero attached hydrogens (tertiary/aromatic N) is 1. The van der Waals surface area contributed by atoms with E-state index >= 15 is 0 Å². The van der Waals surface area contributed by atoms with E-state index in [1.54, 1.807) is 30.3 Å². The second-order valence-corrected chi connectivity index (χ2v) is 5.67. The normalized spacial score (nSPS) is 10.1. The van der Waals surface area contributed by atoms with Gasteiger partial charge in [0.2, 0.25) is 0 Å². The number of aromatic nitrogens is 1. The Hall–Kier alpha value is -3.67. The van der Waals surface area contributed by atoms with Crippen LogP contribution in [0.15, 0.2) is 72.9 Å². The minimum absolute atomic E-state index is 0.125. The van der Waals surface area contributed by atoms with E-state index in [-0.39, 0.29) is 11.6 Å². The third kappa shape index (κ3) is 4.92. The van der Waals surface area contributed by atoms with Crippen LogP contribution in [0.5, 0.6) is 5.75 Å². The summed E-state index contributed by atoms with van der Waals surface area (Å²) in [4.78, 5) is 27.8. The van der Waals surface area contributed by atoms with E-state index in [0.717, 1.165) is 5.56 Å². The lowest BCUT2D eigenvalue weighted by Crippen LogP contribution is -2.13. The van der Waals surface area contributed by atoms with Gasteiger partial charge in [0.15, 0.2) is 0 Å². The molecule has 1 amide bonds. The van der Waals surface area contributed by atoms with Gasteiger partial charge in [-0.2, -0.15) is 0 Å². The lowest BCUT2D eigenvalue weighted by molar-refractivity contribution is 0.0594. The fourth-order valence-corrected chi connectivity index (χ4v) is 2.37. The fourth-order valence-electron chi connectivity index (χ4n) is 2.37. The van der Waals surface area contributed by atoms with E-state index < -0.39 is 5.97 Å². The van der Waals surface area contributed by atoms with Crippen LogP contribution in [-0.4, -0.2) is 24.0 Å². The Balaban J connectivity index is 1.61. The molecule has 3 aromatic rings. The number of benzene rings is 2. The summed E-state index contributed by atoms with van der Waals surface area (Å²) >= 11 is 0. The van der Waals surface area contributed by atoms with Gasteiger partial charge in [0, 0.05) is 17.4 Å². The molecule has 1 heterocycles. The standard InChI is InChI=1S/C21H18N2O4/c1-26-21(25)19-13-17(11-12-22-19)23-20(24)16-7-9-18(10-8-16)27-14-15-5-3-2-4-6-15/h2-13H,14H2,1H3,(H,22,23,24). The molecule has 1 N–H and O–H groups in total. The fraction of sp³-hybridized carbons (Fsp3) is 0.0952. The molecule has 0 saturated carbocycles. The van der Waals surface area contributed by atoms with Crippen molar-refractivity contribution in [3.05, 3.63) is 89.7 Å². The van der Waals surface area contributed by atoms with Gasteiger partial charge in [-0.1, -0.05) is 30.3 Å². The Morgan fingerprint density at radius 3 is 2.44 bits per heavy atom. The van der Waals surface area contributed by atoms with Crippen molar-refractivity contribution in [1.82, 2.24) is 4.98 Å². The third-order valence-electron chi connectivity index (χ3n) is 3.78. The number of esters is 1. The first-order valence-corrected chi connectivity index (χ1v) is 8.28. The van der Waals surface area contributed by atoms with Crippen molar-refractivity contribution in [2.75, 3.05) is 12.4 Å². The predicted octanol–water partition coefficient (Wildman–Crippen LogP) is 3.70. The Morgan fingerprint density at radius 1 is 1.00 bits per heavy atom. The SMILES string of the molecule is COC(=O)c1cc(NC(=O)c2ccc(OCc3ccccc3)cc2)ccn1. The number of pyridine rings is 1. The molecule has 27 heavy (non-hydrogen) atoms. The van der Waals surface area contributed by atoms with Crippen LogP contribution in [-0.2, 0) is 11.3 Å². The molecule has 0 unspecified atom stereocenters. The van der Waals surface area contributed by atoms with Crippen LogP contribution >= 0.6 is 0 Å². The second-order valence-electron chi connectivity index (χ2n) is 5.67. The maximum Gasteiger partial charge on any atom is 0.356 e. The van der Waals surface area contributed by atoms with Crippen LogP contribution in [0.2, 0.25) is 0 Å². The minimum Gasteiger partial charge on any atom is -0.489 e. The van der Waals surface area contributed by atoms with E-state index in [2.05, 4.69) is 15.0 Å². The highest BCUT2D eigenvalue weighted by Gasteiger charge is 2.10. The Morgan fingerprint density at radius 2 is 1.74 bits per heavy atom. The summed E-state index contributed by atoms with van der Waals surface area (Å²) in [5, 5.41) is 2.73. The van der Waals surface area contributed by atoms with E-state index in [0.29, 0.717) is 23.6 Å². The van der Waals surface area contributed by atoms with Gasteiger partial charge in [0.1, 0.15) is 18.1 Å². The van der Waals surface area contributed by atoms with Crippen LogP contribution in [0.4, 0.5) is 5.69 Å². The van der Waals surface area contributed by atoms with E-state index in [4.69, 9.17) is 4.74 Å². The summed E-state index contributed by atoms with van der Waals surface area (Å²) in [5.74, 6) is -0.190. The zero-order valence-electron chi connectivity index (χ0n) is 14.7. The number of carbonyl (C=O) groups excluding carboxylic acids is 2. The maximum atomic E-state index is 12.4. The zero-order chi connectivity index (χ0) is 19.1. The highest BCUT2D eigenvalue weighted by atomic mass is 16.5. The number of ether oxygens (including phenoxy) is 2. The third-order valence-corrected chi connectivity index (χ3v) is 3.78. The first-order chi connectivity index (χ1) is 13.2. The van der Waals surface area contributed by atoms with Crippen molar-refractivity contribution in [2.45, 2.75) is 6.61 Å². The van der Waals surface area contributed by atoms with Crippen LogP contribution in [0.1, 0.15) is 26.4 Å². The average Bonchev–Trinajstić information content (AvgIpc) is 2.73. The molecule has 0 saturated heterocycles. The van der Waals surface area contributed by atoms with Gasteiger partial charge in [-0.3, -0.25) is 4.79 Å². The minimum atomic E-state index is -0.564. The van der Waals surface area contributed by atoms with Gasteiger partial charge < -0.3 is 14.8 Å². The lowest BCUT2D eigenvalue weighted by atomic mass is 10.2. The van der Waals surface area contributed by atoms with Gasteiger partial charge in [-0.05, 0) is 42.0 Å². The Labute approximate surface area is 156 Å². The number of hydrogen-bond donors (Lipinski definition) is 1. The van der Waals surface area contributed by atoms with Crippen molar-refractivity contribution >= 4 is 17.6 Å². The summed E-state index contributed by atoms with van der Waals surface area (Å²) in [6.07, 6.45) is 1.43. The number of nitrogens with one attached hydrogen (secondary N) is 1. The second kappa shape index (κ2) is 8.62.